The SMILES string of the molecule is CCCNCC/C=C/c1c(C)cc(C)cc1F. The van der Waals surface area contributed by atoms with Gasteiger partial charge in [0.2, 0.25) is 0 Å². The Morgan fingerprint density at radius 2 is 2.00 bits per heavy atom. The minimum absolute atomic E-state index is 0.125. The Hall–Kier alpha value is -1.15. The van der Waals surface area contributed by atoms with Gasteiger partial charge in [-0.05, 0) is 57.0 Å². The lowest BCUT2D eigenvalue weighted by atomic mass is 10.0. The first-order valence-corrected chi connectivity index (χ1v) is 6.29. The Morgan fingerprint density at radius 1 is 1.24 bits per heavy atom. The maximum Gasteiger partial charge on any atom is 0.130 e. The van der Waals surface area contributed by atoms with Crippen LogP contribution in [-0.4, -0.2) is 13.1 Å². The van der Waals surface area contributed by atoms with Crippen LogP contribution in [-0.2, 0) is 0 Å². The van der Waals surface area contributed by atoms with E-state index < -0.39 is 0 Å². The van der Waals surface area contributed by atoms with Gasteiger partial charge in [0.25, 0.3) is 0 Å². The lowest BCUT2D eigenvalue weighted by Gasteiger charge is -2.04. The second-order valence-electron chi connectivity index (χ2n) is 4.42. The monoisotopic (exact) mass is 235 g/mol. The van der Waals surface area contributed by atoms with Gasteiger partial charge in [-0.15, -0.1) is 0 Å². The van der Waals surface area contributed by atoms with Crippen LogP contribution < -0.4 is 5.32 Å². The van der Waals surface area contributed by atoms with E-state index in [4.69, 9.17) is 0 Å². The van der Waals surface area contributed by atoms with E-state index in [0.717, 1.165) is 37.1 Å². The highest BCUT2D eigenvalue weighted by molar-refractivity contribution is 5.55. The molecule has 0 amide bonds. The molecule has 0 aliphatic carbocycles. The average Bonchev–Trinajstić information content (AvgIpc) is 2.26. The Kier molecular flexibility index (Phi) is 5.92. The Balaban J connectivity index is 2.53. The highest BCUT2D eigenvalue weighted by Gasteiger charge is 2.02. The number of halogens is 1. The Morgan fingerprint density at radius 3 is 2.65 bits per heavy atom. The van der Waals surface area contributed by atoms with Crippen molar-refractivity contribution >= 4 is 6.08 Å². The van der Waals surface area contributed by atoms with Crippen molar-refractivity contribution in [3.8, 4) is 0 Å². The van der Waals surface area contributed by atoms with E-state index >= 15 is 0 Å². The van der Waals surface area contributed by atoms with Crippen LogP contribution in [0.4, 0.5) is 4.39 Å². The van der Waals surface area contributed by atoms with Crippen molar-refractivity contribution in [3.63, 3.8) is 0 Å². The minimum Gasteiger partial charge on any atom is -0.316 e. The van der Waals surface area contributed by atoms with E-state index in [-0.39, 0.29) is 5.82 Å². The lowest BCUT2D eigenvalue weighted by Crippen LogP contribution is -2.14. The van der Waals surface area contributed by atoms with Crippen molar-refractivity contribution in [2.75, 3.05) is 13.1 Å². The smallest absolute Gasteiger partial charge is 0.130 e. The fraction of sp³-hybridized carbons (Fsp3) is 0.467. The molecule has 0 aliphatic heterocycles. The Labute approximate surface area is 104 Å². The molecule has 0 radical (unpaired) electrons. The predicted molar refractivity (Wildman–Crippen MR) is 72.7 cm³/mol. The summed E-state index contributed by atoms with van der Waals surface area (Å²) >= 11 is 0. The molecule has 17 heavy (non-hydrogen) atoms. The molecule has 0 saturated carbocycles. The van der Waals surface area contributed by atoms with Gasteiger partial charge in [0, 0.05) is 5.56 Å². The molecule has 1 aromatic rings. The number of hydrogen-bond donors (Lipinski definition) is 1. The van der Waals surface area contributed by atoms with Crippen LogP contribution >= 0.6 is 0 Å². The predicted octanol–water partition coefficient (Wildman–Crippen LogP) is 3.85. The van der Waals surface area contributed by atoms with Gasteiger partial charge < -0.3 is 5.32 Å². The summed E-state index contributed by atoms with van der Waals surface area (Å²) in [4.78, 5) is 0. The summed E-state index contributed by atoms with van der Waals surface area (Å²) in [5.74, 6) is -0.125. The van der Waals surface area contributed by atoms with Crippen LogP contribution in [0, 0.1) is 19.7 Å². The van der Waals surface area contributed by atoms with E-state index in [1.165, 1.54) is 0 Å². The van der Waals surface area contributed by atoms with Gasteiger partial charge in [-0.3, -0.25) is 0 Å². The maximum atomic E-state index is 13.7. The zero-order chi connectivity index (χ0) is 12.7. The molecular formula is C15H22FN. The summed E-state index contributed by atoms with van der Waals surface area (Å²) < 4.78 is 13.7. The Bertz CT molecular complexity index is 360. The number of aryl methyl sites for hydroxylation is 2. The molecule has 1 aromatic carbocycles. The maximum absolute atomic E-state index is 13.7. The molecule has 0 aromatic heterocycles. The largest absolute Gasteiger partial charge is 0.316 e. The molecule has 2 heteroatoms. The number of nitrogens with one attached hydrogen (secondary N) is 1. The molecule has 1 N–H and O–H groups in total. The highest BCUT2D eigenvalue weighted by Crippen LogP contribution is 2.17. The van der Waals surface area contributed by atoms with Gasteiger partial charge in [0.05, 0.1) is 0 Å². The van der Waals surface area contributed by atoms with Crippen molar-refractivity contribution in [1.29, 1.82) is 0 Å². The molecule has 0 aliphatic rings. The van der Waals surface area contributed by atoms with E-state index in [9.17, 15) is 4.39 Å². The molecule has 0 unspecified atom stereocenters. The fourth-order valence-electron chi connectivity index (χ4n) is 1.83. The zero-order valence-corrected chi connectivity index (χ0v) is 11.0. The third kappa shape index (κ3) is 4.70. The fourth-order valence-corrected chi connectivity index (χ4v) is 1.83. The number of hydrogen-bond acceptors (Lipinski definition) is 1. The quantitative estimate of drug-likeness (QED) is 0.739. The number of benzene rings is 1. The lowest BCUT2D eigenvalue weighted by molar-refractivity contribution is 0.622. The molecule has 0 bridgehead atoms. The molecule has 0 saturated heterocycles. The zero-order valence-electron chi connectivity index (χ0n) is 11.0. The van der Waals surface area contributed by atoms with Crippen molar-refractivity contribution in [2.45, 2.75) is 33.6 Å². The summed E-state index contributed by atoms with van der Waals surface area (Å²) in [6, 6.07) is 3.60. The van der Waals surface area contributed by atoms with Crippen molar-refractivity contribution in [3.05, 3.63) is 40.7 Å². The van der Waals surface area contributed by atoms with E-state index in [1.807, 2.05) is 32.1 Å². The molecule has 0 heterocycles. The third-order valence-corrected chi connectivity index (χ3v) is 2.68. The summed E-state index contributed by atoms with van der Waals surface area (Å²) in [5.41, 5.74) is 2.69. The van der Waals surface area contributed by atoms with E-state index in [0.29, 0.717) is 5.56 Å². The van der Waals surface area contributed by atoms with Crippen LogP contribution in [0.1, 0.15) is 36.5 Å². The molecule has 1 nitrogen and oxygen atoms in total. The van der Waals surface area contributed by atoms with Crippen molar-refractivity contribution in [1.82, 2.24) is 5.32 Å². The van der Waals surface area contributed by atoms with Gasteiger partial charge in [0.1, 0.15) is 5.82 Å². The summed E-state index contributed by atoms with van der Waals surface area (Å²) in [5, 5.41) is 3.31. The second-order valence-corrected chi connectivity index (χ2v) is 4.42. The average molecular weight is 235 g/mol. The molecule has 0 atom stereocenters. The first-order valence-electron chi connectivity index (χ1n) is 6.29. The van der Waals surface area contributed by atoms with Crippen LogP contribution in [0.15, 0.2) is 18.2 Å². The van der Waals surface area contributed by atoms with Crippen molar-refractivity contribution in [2.24, 2.45) is 0 Å². The van der Waals surface area contributed by atoms with Crippen LogP contribution in [0.2, 0.25) is 0 Å². The molecule has 0 spiro atoms. The minimum atomic E-state index is -0.125. The van der Waals surface area contributed by atoms with Crippen molar-refractivity contribution < 1.29 is 4.39 Å². The van der Waals surface area contributed by atoms with Gasteiger partial charge >= 0.3 is 0 Å². The highest BCUT2D eigenvalue weighted by atomic mass is 19.1. The molecular weight excluding hydrogens is 213 g/mol. The summed E-state index contributed by atoms with van der Waals surface area (Å²) in [7, 11) is 0. The normalized spacial score (nSPS) is 11.3. The molecule has 0 fully saturated rings. The van der Waals surface area contributed by atoms with E-state index in [1.54, 1.807) is 6.07 Å². The summed E-state index contributed by atoms with van der Waals surface area (Å²) in [6.45, 7) is 8.01. The molecule has 1 rings (SSSR count). The standard InChI is InChI=1S/C15H22FN/c1-4-8-17-9-6-5-7-14-13(3)10-12(2)11-15(14)16/h5,7,10-11,17H,4,6,8-9H2,1-3H3/b7-5+. The number of rotatable bonds is 6. The van der Waals surface area contributed by atoms with Gasteiger partial charge in [0.15, 0.2) is 0 Å². The van der Waals surface area contributed by atoms with Crippen LogP contribution in [0.3, 0.4) is 0 Å². The van der Waals surface area contributed by atoms with Crippen LogP contribution in [0.25, 0.3) is 6.08 Å². The van der Waals surface area contributed by atoms with E-state index in [2.05, 4.69) is 12.2 Å². The molecule has 94 valence electrons. The summed E-state index contributed by atoms with van der Waals surface area (Å²) in [6.07, 6.45) is 6.00. The van der Waals surface area contributed by atoms with Gasteiger partial charge in [-0.1, -0.05) is 25.1 Å². The van der Waals surface area contributed by atoms with Gasteiger partial charge in [-0.2, -0.15) is 0 Å². The third-order valence-electron chi connectivity index (χ3n) is 2.68. The van der Waals surface area contributed by atoms with Gasteiger partial charge in [-0.25, -0.2) is 4.39 Å². The topological polar surface area (TPSA) is 12.0 Å². The first kappa shape index (κ1) is 13.9. The van der Waals surface area contributed by atoms with Crippen LogP contribution in [0.5, 0.6) is 0 Å². The second kappa shape index (κ2) is 7.23. The first-order chi connectivity index (χ1) is 8.15.